The summed E-state index contributed by atoms with van der Waals surface area (Å²) in [5.41, 5.74) is 2.64. The lowest BCUT2D eigenvalue weighted by atomic mass is 10.0. The number of hydrogen-bond donors (Lipinski definition) is 0. The van der Waals surface area contributed by atoms with Crippen LogP contribution in [0.2, 0.25) is 0 Å². The van der Waals surface area contributed by atoms with Gasteiger partial charge in [0.2, 0.25) is 0 Å². The Hall–Kier alpha value is -2.21. The van der Waals surface area contributed by atoms with E-state index in [1.807, 2.05) is 26.0 Å². The van der Waals surface area contributed by atoms with E-state index in [0.29, 0.717) is 16.9 Å². The molecular formula is C16H16N2O3S. The van der Waals surface area contributed by atoms with E-state index >= 15 is 0 Å². The highest BCUT2D eigenvalue weighted by Gasteiger charge is 2.17. The molecule has 0 radical (unpaired) electrons. The molecule has 5 nitrogen and oxygen atoms in total. The molecule has 0 aliphatic carbocycles. The number of methoxy groups -OCH3 is 1. The largest absolute Gasteiger partial charge is 0.496 e. The lowest BCUT2D eigenvalue weighted by Crippen LogP contribution is -2.08. The van der Waals surface area contributed by atoms with Gasteiger partial charge in [0, 0.05) is 11.1 Å². The maximum Gasteiger partial charge on any atom is 0.339 e. The third-order valence-electron chi connectivity index (χ3n) is 3.68. The van der Waals surface area contributed by atoms with Crippen LogP contribution in [0.3, 0.4) is 0 Å². The van der Waals surface area contributed by atoms with E-state index in [1.165, 1.54) is 11.3 Å². The van der Waals surface area contributed by atoms with Crippen molar-refractivity contribution in [1.29, 1.82) is 0 Å². The molecule has 2 heterocycles. The molecule has 0 saturated carbocycles. The van der Waals surface area contributed by atoms with Gasteiger partial charge in [-0.3, -0.25) is 0 Å². The van der Waals surface area contributed by atoms with Gasteiger partial charge in [0.1, 0.15) is 21.3 Å². The molecule has 3 rings (SSSR count). The number of aryl methyl sites for hydroxylation is 2. The van der Waals surface area contributed by atoms with Crippen molar-refractivity contribution >= 4 is 22.3 Å². The fourth-order valence-corrected chi connectivity index (χ4v) is 3.27. The van der Waals surface area contributed by atoms with Crippen LogP contribution < -0.4 is 10.4 Å². The fraction of sp³-hybridized carbons (Fsp3) is 0.312. The highest BCUT2D eigenvalue weighted by Crippen LogP contribution is 2.35. The van der Waals surface area contributed by atoms with E-state index in [-0.39, 0.29) is 5.63 Å². The van der Waals surface area contributed by atoms with Crippen molar-refractivity contribution in [3.63, 3.8) is 0 Å². The number of benzene rings is 1. The Morgan fingerprint density at radius 2 is 2.05 bits per heavy atom. The van der Waals surface area contributed by atoms with Gasteiger partial charge in [-0.15, -0.1) is 10.2 Å². The zero-order valence-electron chi connectivity index (χ0n) is 12.9. The Bertz CT molecular complexity index is 912. The number of hydrogen-bond acceptors (Lipinski definition) is 6. The molecule has 0 unspecified atom stereocenters. The molecule has 114 valence electrons. The standard InChI is InChI=1S/C16H16N2O3S/c1-5-11-8(2)16(19)21-13-7-10(6-12(20-4)14(11)13)15-18-17-9(3)22-15/h6-7H,5H2,1-4H3. The molecule has 22 heavy (non-hydrogen) atoms. The summed E-state index contributed by atoms with van der Waals surface area (Å²) >= 11 is 1.49. The third kappa shape index (κ3) is 2.29. The van der Waals surface area contributed by atoms with E-state index < -0.39 is 0 Å². The zero-order chi connectivity index (χ0) is 15.9. The summed E-state index contributed by atoms with van der Waals surface area (Å²) in [4.78, 5) is 12.0. The van der Waals surface area contributed by atoms with E-state index in [0.717, 1.165) is 32.9 Å². The minimum absolute atomic E-state index is 0.308. The average Bonchev–Trinajstić information content (AvgIpc) is 2.94. The molecular weight excluding hydrogens is 300 g/mol. The van der Waals surface area contributed by atoms with E-state index in [4.69, 9.17) is 9.15 Å². The Labute approximate surface area is 131 Å². The minimum atomic E-state index is -0.308. The molecule has 0 aliphatic heterocycles. The maximum absolute atomic E-state index is 12.0. The number of rotatable bonds is 3. The summed E-state index contributed by atoms with van der Waals surface area (Å²) in [5, 5.41) is 10.7. The monoisotopic (exact) mass is 316 g/mol. The molecule has 1 aromatic carbocycles. The molecule has 3 aromatic rings. The highest BCUT2D eigenvalue weighted by molar-refractivity contribution is 7.14. The molecule has 6 heteroatoms. The van der Waals surface area contributed by atoms with Gasteiger partial charge in [-0.2, -0.15) is 0 Å². The van der Waals surface area contributed by atoms with Crippen molar-refractivity contribution < 1.29 is 9.15 Å². The van der Waals surface area contributed by atoms with Crippen LogP contribution in [0.25, 0.3) is 21.5 Å². The fourth-order valence-electron chi connectivity index (χ4n) is 2.59. The first-order chi connectivity index (χ1) is 10.5. The minimum Gasteiger partial charge on any atom is -0.496 e. The summed E-state index contributed by atoms with van der Waals surface area (Å²) < 4.78 is 11.0. The van der Waals surface area contributed by atoms with Gasteiger partial charge >= 0.3 is 5.63 Å². The lowest BCUT2D eigenvalue weighted by Gasteiger charge is -2.12. The van der Waals surface area contributed by atoms with E-state index in [9.17, 15) is 4.79 Å². The van der Waals surface area contributed by atoms with Crippen molar-refractivity contribution in [2.24, 2.45) is 0 Å². The van der Waals surface area contributed by atoms with Crippen LogP contribution in [-0.2, 0) is 6.42 Å². The molecule has 0 bridgehead atoms. The number of aromatic nitrogens is 2. The van der Waals surface area contributed by atoms with Crippen molar-refractivity contribution in [2.75, 3.05) is 7.11 Å². The molecule has 0 aliphatic rings. The molecule has 0 spiro atoms. The number of ether oxygens (including phenoxy) is 1. The summed E-state index contributed by atoms with van der Waals surface area (Å²) in [5.74, 6) is 0.684. The van der Waals surface area contributed by atoms with Gasteiger partial charge < -0.3 is 9.15 Å². The Morgan fingerprint density at radius 3 is 2.64 bits per heavy atom. The number of nitrogens with zero attached hydrogens (tertiary/aromatic N) is 2. The maximum atomic E-state index is 12.0. The van der Waals surface area contributed by atoms with Crippen LogP contribution in [0.4, 0.5) is 0 Å². The van der Waals surface area contributed by atoms with Crippen LogP contribution in [0.5, 0.6) is 5.75 Å². The van der Waals surface area contributed by atoms with Crippen molar-refractivity contribution in [3.8, 4) is 16.3 Å². The number of fused-ring (bicyclic) bond motifs is 1. The summed E-state index contributed by atoms with van der Waals surface area (Å²) in [6, 6.07) is 3.75. The predicted molar refractivity (Wildman–Crippen MR) is 86.8 cm³/mol. The van der Waals surface area contributed by atoms with Gasteiger partial charge in [-0.1, -0.05) is 18.3 Å². The van der Waals surface area contributed by atoms with Gasteiger partial charge in [-0.05, 0) is 38.0 Å². The smallest absolute Gasteiger partial charge is 0.339 e. The molecule has 2 aromatic heterocycles. The second-order valence-corrected chi connectivity index (χ2v) is 6.21. The summed E-state index contributed by atoms with van der Waals surface area (Å²) in [7, 11) is 1.61. The molecule has 0 amide bonds. The Morgan fingerprint density at radius 1 is 1.27 bits per heavy atom. The Balaban J connectivity index is 2.37. The quantitative estimate of drug-likeness (QED) is 0.692. The first kappa shape index (κ1) is 14.7. The summed E-state index contributed by atoms with van der Waals surface area (Å²) in [6.07, 6.45) is 0.738. The van der Waals surface area contributed by atoms with Gasteiger partial charge in [0.25, 0.3) is 0 Å². The zero-order valence-corrected chi connectivity index (χ0v) is 13.7. The first-order valence-electron chi connectivity index (χ1n) is 7.00. The lowest BCUT2D eigenvalue weighted by molar-refractivity contribution is 0.418. The molecule has 0 atom stereocenters. The van der Waals surface area contributed by atoms with Crippen molar-refractivity contribution in [1.82, 2.24) is 10.2 Å². The second kappa shape index (κ2) is 5.53. The van der Waals surface area contributed by atoms with Gasteiger partial charge in [-0.25, -0.2) is 4.79 Å². The van der Waals surface area contributed by atoms with Crippen LogP contribution >= 0.6 is 11.3 Å². The molecule has 0 saturated heterocycles. The van der Waals surface area contributed by atoms with Gasteiger partial charge in [0.15, 0.2) is 0 Å². The highest BCUT2D eigenvalue weighted by atomic mass is 32.1. The van der Waals surface area contributed by atoms with E-state index in [2.05, 4.69) is 10.2 Å². The van der Waals surface area contributed by atoms with Crippen LogP contribution in [0.15, 0.2) is 21.3 Å². The average molecular weight is 316 g/mol. The first-order valence-corrected chi connectivity index (χ1v) is 7.81. The van der Waals surface area contributed by atoms with Crippen molar-refractivity contribution in [3.05, 3.63) is 38.7 Å². The topological polar surface area (TPSA) is 65.2 Å². The van der Waals surface area contributed by atoms with Crippen LogP contribution in [0, 0.1) is 13.8 Å². The van der Waals surface area contributed by atoms with E-state index in [1.54, 1.807) is 14.0 Å². The second-order valence-electron chi connectivity index (χ2n) is 5.02. The SMILES string of the molecule is CCc1c(C)c(=O)oc2cc(-c3nnc(C)s3)cc(OC)c12. The molecule has 0 N–H and O–H groups in total. The summed E-state index contributed by atoms with van der Waals surface area (Å²) in [6.45, 7) is 5.70. The van der Waals surface area contributed by atoms with Crippen LogP contribution in [-0.4, -0.2) is 17.3 Å². The van der Waals surface area contributed by atoms with Crippen molar-refractivity contribution in [2.45, 2.75) is 27.2 Å². The van der Waals surface area contributed by atoms with Crippen LogP contribution in [0.1, 0.15) is 23.1 Å². The third-order valence-corrected chi connectivity index (χ3v) is 4.56. The normalized spacial score (nSPS) is 11.1. The predicted octanol–water partition coefficient (Wildman–Crippen LogP) is 3.50. The van der Waals surface area contributed by atoms with Gasteiger partial charge in [0.05, 0.1) is 12.5 Å². The Kier molecular flexibility index (Phi) is 3.70. The molecule has 0 fully saturated rings.